The van der Waals surface area contributed by atoms with Gasteiger partial charge in [-0.2, -0.15) is 5.10 Å². The summed E-state index contributed by atoms with van der Waals surface area (Å²) >= 11 is 0. The highest BCUT2D eigenvalue weighted by molar-refractivity contribution is 14.0. The second-order valence-electron chi connectivity index (χ2n) is 7.39. The van der Waals surface area contributed by atoms with Crippen LogP contribution >= 0.6 is 24.0 Å². The summed E-state index contributed by atoms with van der Waals surface area (Å²) in [6.07, 6.45) is 0. The predicted octanol–water partition coefficient (Wildman–Crippen LogP) is 3.41. The highest BCUT2D eigenvalue weighted by Gasteiger charge is 2.20. The van der Waals surface area contributed by atoms with Gasteiger partial charge in [0.25, 0.3) is 0 Å². The van der Waals surface area contributed by atoms with E-state index in [1.54, 1.807) is 14.2 Å². The molecule has 7 heteroatoms. The van der Waals surface area contributed by atoms with E-state index in [2.05, 4.69) is 65.8 Å². The third kappa shape index (κ3) is 6.48. The van der Waals surface area contributed by atoms with Gasteiger partial charge in [-0.05, 0) is 19.4 Å². The molecule has 28 heavy (non-hydrogen) atoms. The predicted molar refractivity (Wildman–Crippen MR) is 127 cm³/mol. The Labute approximate surface area is 186 Å². The van der Waals surface area contributed by atoms with Crippen LogP contribution in [0.15, 0.2) is 35.3 Å². The largest absolute Gasteiger partial charge is 0.383 e. The highest BCUT2D eigenvalue weighted by atomic mass is 127. The molecule has 0 atom stereocenters. The van der Waals surface area contributed by atoms with Gasteiger partial charge in [-0.15, -0.1) is 24.0 Å². The lowest BCUT2D eigenvalue weighted by molar-refractivity contribution is 0.182. The van der Waals surface area contributed by atoms with Crippen molar-refractivity contribution in [2.24, 2.45) is 4.99 Å². The van der Waals surface area contributed by atoms with Crippen molar-refractivity contribution in [3.05, 3.63) is 52.8 Å². The molecule has 0 aliphatic heterocycles. The molecule has 0 aliphatic carbocycles. The summed E-state index contributed by atoms with van der Waals surface area (Å²) in [5.41, 5.74) is 4.72. The van der Waals surface area contributed by atoms with E-state index in [0.29, 0.717) is 13.2 Å². The number of halogens is 1. The van der Waals surface area contributed by atoms with E-state index in [-0.39, 0.29) is 29.4 Å². The molecule has 6 nitrogen and oxygen atoms in total. The summed E-state index contributed by atoms with van der Waals surface area (Å²) < 4.78 is 7.16. The van der Waals surface area contributed by atoms with Crippen LogP contribution in [-0.2, 0) is 23.2 Å². The van der Waals surface area contributed by atoms with E-state index in [0.717, 1.165) is 30.4 Å². The van der Waals surface area contributed by atoms with Crippen LogP contribution in [0.4, 0.5) is 0 Å². The smallest absolute Gasteiger partial charge is 0.191 e. The van der Waals surface area contributed by atoms with Crippen molar-refractivity contribution in [1.29, 1.82) is 0 Å². The zero-order valence-corrected chi connectivity index (χ0v) is 20.2. The SMILES string of the molecule is CN=C(NCc1c(C)nn(CCOC)c1C)NCC(C)(C)c1ccccc1.I. The fourth-order valence-corrected chi connectivity index (χ4v) is 3.07. The third-order valence-corrected chi connectivity index (χ3v) is 4.95. The molecule has 156 valence electrons. The highest BCUT2D eigenvalue weighted by Crippen LogP contribution is 2.21. The quantitative estimate of drug-likeness (QED) is 0.332. The molecule has 0 bridgehead atoms. The molecule has 1 aromatic heterocycles. The van der Waals surface area contributed by atoms with Crippen LogP contribution in [0.1, 0.15) is 36.4 Å². The molecule has 0 amide bonds. The van der Waals surface area contributed by atoms with Crippen LogP contribution in [0.2, 0.25) is 0 Å². The fraction of sp³-hybridized carbons (Fsp3) is 0.524. The molecule has 0 spiro atoms. The van der Waals surface area contributed by atoms with E-state index >= 15 is 0 Å². The number of methoxy groups -OCH3 is 1. The van der Waals surface area contributed by atoms with Gasteiger partial charge in [0.05, 0.1) is 18.8 Å². The Balaban J connectivity index is 0.00000392. The van der Waals surface area contributed by atoms with E-state index in [1.807, 2.05) is 17.7 Å². The number of benzene rings is 1. The Morgan fingerprint density at radius 2 is 1.86 bits per heavy atom. The fourth-order valence-electron chi connectivity index (χ4n) is 3.07. The van der Waals surface area contributed by atoms with Crippen molar-refractivity contribution in [3.8, 4) is 0 Å². The van der Waals surface area contributed by atoms with Crippen molar-refractivity contribution in [2.75, 3.05) is 27.3 Å². The van der Waals surface area contributed by atoms with Crippen LogP contribution in [0.5, 0.6) is 0 Å². The molecule has 0 unspecified atom stereocenters. The Morgan fingerprint density at radius 1 is 1.18 bits per heavy atom. The van der Waals surface area contributed by atoms with Gasteiger partial charge >= 0.3 is 0 Å². The normalized spacial score (nSPS) is 11.9. The molecule has 2 aromatic rings. The first kappa shape index (κ1) is 24.4. The molecule has 0 aliphatic rings. The van der Waals surface area contributed by atoms with Crippen molar-refractivity contribution >= 4 is 29.9 Å². The van der Waals surface area contributed by atoms with Crippen LogP contribution in [0.25, 0.3) is 0 Å². The number of nitrogens with one attached hydrogen (secondary N) is 2. The van der Waals surface area contributed by atoms with E-state index in [4.69, 9.17) is 4.74 Å². The lowest BCUT2D eigenvalue weighted by Crippen LogP contribution is -2.43. The average molecular weight is 499 g/mol. The van der Waals surface area contributed by atoms with Crippen molar-refractivity contribution in [1.82, 2.24) is 20.4 Å². The lowest BCUT2D eigenvalue weighted by Gasteiger charge is -2.26. The zero-order chi connectivity index (χ0) is 19.9. The minimum absolute atomic E-state index is 0. The van der Waals surface area contributed by atoms with Gasteiger partial charge in [-0.25, -0.2) is 0 Å². The number of rotatable bonds is 8. The third-order valence-electron chi connectivity index (χ3n) is 4.95. The molecular formula is C21H34IN5O. The van der Waals surface area contributed by atoms with Crippen molar-refractivity contribution in [3.63, 3.8) is 0 Å². The maximum Gasteiger partial charge on any atom is 0.191 e. The second-order valence-corrected chi connectivity index (χ2v) is 7.39. The Hall–Kier alpha value is -1.61. The van der Waals surface area contributed by atoms with Crippen LogP contribution in [0, 0.1) is 13.8 Å². The summed E-state index contributed by atoms with van der Waals surface area (Å²) in [5.74, 6) is 0.794. The van der Waals surface area contributed by atoms with Crippen LogP contribution in [0.3, 0.4) is 0 Å². The maximum absolute atomic E-state index is 5.16. The minimum Gasteiger partial charge on any atom is -0.383 e. The molecule has 0 fully saturated rings. The second kappa shape index (κ2) is 11.4. The molecule has 1 aromatic carbocycles. The van der Waals surface area contributed by atoms with Crippen LogP contribution < -0.4 is 10.6 Å². The number of aromatic nitrogens is 2. The van der Waals surface area contributed by atoms with Crippen molar-refractivity contribution < 1.29 is 4.74 Å². The summed E-state index contributed by atoms with van der Waals surface area (Å²) in [4.78, 5) is 4.36. The first-order chi connectivity index (χ1) is 12.9. The van der Waals surface area contributed by atoms with Gasteiger partial charge in [-0.3, -0.25) is 9.67 Å². The Morgan fingerprint density at radius 3 is 2.46 bits per heavy atom. The summed E-state index contributed by atoms with van der Waals surface area (Å²) in [5, 5.41) is 11.5. The van der Waals surface area contributed by atoms with Gasteiger partial charge in [0.1, 0.15) is 0 Å². The molecular weight excluding hydrogens is 465 g/mol. The number of aliphatic imine (C=N–C) groups is 1. The standard InChI is InChI=1S/C21H33N5O.HI/c1-16-19(17(2)26(25-16)12-13-27-6)14-23-20(22-5)24-15-21(3,4)18-10-8-7-9-11-18;/h7-11H,12-15H2,1-6H3,(H2,22,23,24);1H. The number of ether oxygens (including phenoxy) is 1. The summed E-state index contributed by atoms with van der Waals surface area (Å²) in [7, 11) is 3.51. The van der Waals surface area contributed by atoms with Gasteiger partial charge in [-0.1, -0.05) is 44.2 Å². The first-order valence-corrected chi connectivity index (χ1v) is 9.41. The number of aryl methyl sites for hydroxylation is 1. The van der Waals surface area contributed by atoms with E-state index in [9.17, 15) is 0 Å². The van der Waals surface area contributed by atoms with Crippen molar-refractivity contribution in [2.45, 2.75) is 46.2 Å². The Bertz CT molecular complexity index is 756. The van der Waals surface area contributed by atoms with Crippen LogP contribution in [-0.4, -0.2) is 43.0 Å². The van der Waals surface area contributed by atoms with Gasteiger partial charge in [0.15, 0.2) is 5.96 Å². The molecule has 0 saturated carbocycles. The zero-order valence-electron chi connectivity index (χ0n) is 17.9. The average Bonchev–Trinajstić information content (AvgIpc) is 2.94. The first-order valence-electron chi connectivity index (χ1n) is 9.41. The molecule has 0 radical (unpaired) electrons. The molecule has 2 rings (SSSR count). The number of guanidine groups is 1. The molecule has 1 heterocycles. The summed E-state index contributed by atoms with van der Waals surface area (Å²) in [6, 6.07) is 10.5. The lowest BCUT2D eigenvalue weighted by atomic mass is 9.85. The maximum atomic E-state index is 5.16. The summed E-state index contributed by atoms with van der Waals surface area (Å²) in [6.45, 7) is 11.5. The van der Waals surface area contributed by atoms with Gasteiger partial charge < -0.3 is 15.4 Å². The molecule has 0 saturated heterocycles. The minimum atomic E-state index is 0. The molecule has 2 N–H and O–H groups in total. The number of hydrogen-bond donors (Lipinski definition) is 2. The Kier molecular flexibility index (Phi) is 9.95. The van der Waals surface area contributed by atoms with Gasteiger partial charge in [0, 0.05) is 43.9 Å². The van der Waals surface area contributed by atoms with E-state index in [1.165, 1.54) is 11.1 Å². The topological polar surface area (TPSA) is 63.5 Å². The number of hydrogen-bond acceptors (Lipinski definition) is 3. The number of nitrogens with zero attached hydrogens (tertiary/aromatic N) is 3. The van der Waals surface area contributed by atoms with Gasteiger partial charge in [0.2, 0.25) is 0 Å². The van der Waals surface area contributed by atoms with E-state index < -0.39 is 0 Å². The monoisotopic (exact) mass is 499 g/mol.